The quantitative estimate of drug-likeness (QED) is 0.457. The fourth-order valence-corrected chi connectivity index (χ4v) is 0. The Balaban J connectivity index is 0. The summed E-state index contributed by atoms with van der Waals surface area (Å²) in [6, 6.07) is 0. The molecule has 0 heterocycles. The number of hydrogen-bond acceptors (Lipinski definition) is 4. The van der Waals surface area contributed by atoms with Gasteiger partial charge in [0.1, 0.15) is 0 Å². The number of rotatable bonds is 0. The van der Waals surface area contributed by atoms with Gasteiger partial charge in [-0.2, -0.15) is 14.0 Å². The maximum absolute atomic E-state index is 8.60. The molecule has 0 amide bonds. The summed E-state index contributed by atoms with van der Waals surface area (Å²) in [5.41, 5.74) is 0. The third-order valence-electron chi connectivity index (χ3n) is 0. The van der Waals surface area contributed by atoms with Crippen LogP contribution in [-0.2, 0) is 0 Å². The monoisotopic (exact) mass is 305 g/mol. The largest absolute Gasteiger partial charge is 0.183 e. The molecule has 1 N–H and O–H groups in total. The first-order valence-electron chi connectivity index (χ1n) is 0.632. The van der Waals surface area contributed by atoms with E-state index in [0.29, 0.717) is 0 Å². The van der Waals surface area contributed by atoms with Crippen LogP contribution in [0.1, 0.15) is 0 Å². The van der Waals surface area contributed by atoms with E-state index in [4.69, 9.17) is 18.6 Å². The standard InChI is InChI=1S/ClHO4.Tl/c2-1(3,4)5;/h(H,2,3,4,5);. The van der Waals surface area contributed by atoms with Gasteiger partial charge in [-0.15, -0.1) is 0 Å². The molecule has 0 aliphatic heterocycles. The van der Waals surface area contributed by atoms with E-state index in [1.807, 2.05) is 0 Å². The summed E-state index contributed by atoms with van der Waals surface area (Å²) in [6.07, 6.45) is 0. The average molecular weight is 305 g/mol. The summed E-state index contributed by atoms with van der Waals surface area (Å²) in [5, 5.41) is 0. The minimum absolute atomic E-state index is 0. The van der Waals surface area contributed by atoms with Gasteiger partial charge in [-0.1, -0.05) is 0 Å². The molecule has 0 atom stereocenters. The molecule has 0 aliphatic rings. The van der Waals surface area contributed by atoms with Gasteiger partial charge >= 0.3 is 0 Å². The molecule has 0 aromatic heterocycles. The second-order valence-electron chi connectivity index (χ2n) is 0.396. The topological polar surface area (TPSA) is 89.4 Å². The molecule has 0 unspecified atom stereocenters. The van der Waals surface area contributed by atoms with Gasteiger partial charge in [-0.25, -0.2) is 0 Å². The van der Waals surface area contributed by atoms with Crippen LogP contribution in [0.2, 0.25) is 0 Å². The maximum Gasteiger partial charge on any atom is 0.0777 e. The van der Waals surface area contributed by atoms with Crippen molar-refractivity contribution in [2.45, 2.75) is 0 Å². The van der Waals surface area contributed by atoms with Crippen LogP contribution in [-0.4, -0.2) is 32.0 Å². The van der Waals surface area contributed by atoms with E-state index >= 15 is 0 Å². The third kappa shape index (κ3) is 74.9. The van der Waals surface area contributed by atoms with Crippen molar-refractivity contribution in [1.82, 2.24) is 0 Å². The van der Waals surface area contributed by atoms with Crippen LogP contribution in [0.4, 0.5) is 0 Å². The molecule has 0 rings (SSSR count). The minimum Gasteiger partial charge on any atom is -0.183 e. The molecule has 4 nitrogen and oxygen atoms in total. The van der Waals surface area contributed by atoms with Crippen LogP contribution >= 0.6 is 0 Å². The zero-order chi connectivity index (χ0) is 4.50. The first-order chi connectivity index (χ1) is 2.00. The smallest absolute Gasteiger partial charge is 0.0777 e. The average Bonchev–Trinajstić information content (AvgIpc) is 0.722. The second kappa shape index (κ2) is 3.11. The fraction of sp³-hybridized carbons (Fsp3) is 0. The predicted molar refractivity (Wildman–Crippen MR) is 7.97 cm³/mol. The summed E-state index contributed by atoms with van der Waals surface area (Å²) in [7, 11) is -4.69. The SMILES string of the molecule is [O-][Cl+3]([O-])([O-])O.[Tl]. The predicted octanol–water partition coefficient (Wildman–Crippen LogP) is -4.50. The Labute approximate surface area is 56.3 Å². The van der Waals surface area contributed by atoms with Crippen molar-refractivity contribution in [2.75, 3.05) is 0 Å². The molecular weight excluding hydrogens is 304 g/mol. The van der Waals surface area contributed by atoms with Gasteiger partial charge in [-0.05, 0) is 0 Å². The molecule has 0 fully saturated rings. The van der Waals surface area contributed by atoms with Crippen molar-refractivity contribution in [3.05, 3.63) is 0 Å². The zero-order valence-corrected chi connectivity index (χ0v) is 7.87. The van der Waals surface area contributed by atoms with Crippen molar-refractivity contribution in [1.29, 1.82) is 0 Å². The minimum atomic E-state index is -4.69. The van der Waals surface area contributed by atoms with Crippen molar-refractivity contribution in [3.8, 4) is 0 Å². The molecule has 35 valence electrons. The molecule has 0 saturated carbocycles. The summed E-state index contributed by atoms with van der Waals surface area (Å²) in [5.74, 6) is 0. The van der Waals surface area contributed by atoms with Crippen molar-refractivity contribution >= 4 is 27.3 Å². The summed E-state index contributed by atoms with van der Waals surface area (Å²) in [6.45, 7) is 0. The van der Waals surface area contributed by atoms with Crippen molar-refractivity contribution in [3.63, 3.8) is 0 Å². The normalized spacial score (nSPS) is 10.0. The van der Waals surface area contributed by atoms with E-state index in [1.54, 1.807) is 0 Å². The van der Waals surface area contributed by atoms with Gasteiger partial charge < -0.3 is 0 Å². The van der Waals surface area contributed by atoms with E-state index in [2.05, 4.69) is 0 Å². The van der Waals surface area contributed by atoms with Gasteiger partial charge in [0.05, 0.1) is 14.9 Å². The van der Waals surface area contributed by atoms with Gasteiger partial charge in [0.15, 0.2) is 0 Å². The zero-order valence-electron chi connectivity index (χ0n) is 2.63. The molecule has 6 heteroatoms. The number of halogens is 1. The maximum atomic E-state index is 8.60. The molecule has 0 aliphatic carbocycles. The van der Waals surface area contributed by atoms with Crippen LogP contribution in [0.3, 0.4) is 0 Å². The Hall–Kier alpha value is 1.05. The summed E-state index contributed by atoms with van der Waals surface area (Å²) < 4.78 is 32.7. The molecular formula is HClO4Tl. The van der Waals surface area contributed by atoms with E-state index < -0.39 is 10.2 Å². The first-order valence-corrected chi connectivity index (χ1v) is 1.90. The van der Waals surface area contributed by atoms with Crippen LogP contribution in [0.5, 0.6) is 0 Å². The fourth-order valence-electron chi connectivity index (χ4n) is 0. The Morgan fingerprint density at radius 1 is 1.17 bits per heavy atom. The van der Waals surface area contributed by atoms with Crippen LogP contribution in [0.15, 0.2) is 0 Å². The van der Waals surface area contributed by atoms with Crippen molar-refractivity contribution in [2.24, 2.45) is 0 Å². The molecule has 1 radical (unpaired) electrons. The molecule has 0 spiro atoms. The Morgan fingerprint density at radius 2 is 1.17 bits per heavy atom. The molecule has 0 bridgehead atoms. The van der Waals surface area contributed by atoms with Crippen molar-refractivity contribution < 1.29 is 28.9 Å². The van der Waals surface area contributed by atoms with Crippen LogP contribution < -0.4 is 14.0 Å². The summed E-state index contributed by atoms with van der Waals surface area (Å²) in [4.78, 5) is 0. The van der Waals surface area contributed by atoms with E-state index in [1.165, 1.54) is 0 Å². The molecule has 0 aromatic rings. The van der Waals surface area contributed by atoms with E-state index in [-0.39, 0.29) is 27.3 Å². The molecule has 0 aromatic carbocycles. The Bertz CT molecular complexity index is 23.0. The van der Waals surface area contributed by atoms with Crippen LogP contribution in [0.25, 0.3) is 0 Å². The number of hydrogen-bond donors (Lipinski definition) is 1. The third-order valence-corrected chi connectivity index (χ3v) is 0. The van der Waals surface area contributed by atoms with Gasteiger partial charge in [-0.3, -0.25) is 0 Å². The van der Waals surface area contributed by atoms with E-state index in [9.17, 15) is 0 Å². The van der Waals surface area contributed by atoms with Gasteiger partial charge in [0.25, 0.3) is 0 Å². The molecule has 0 saturated heterocycles. The Morgan fingerprint density at radius 3 is 1.17 bits per heavy atom. The van der Waals surface area contributed by atoms with E-state index in [0.717, 1.165) is 0 Å². The van der Waals surface area contributed by atoms with Gasteiger partial charge in [0, 0.05) is 27.3 Å². The summed E-state index contributed by atoms with van der Waals surface area (Å²) >= 11 is 0. The Kier molecular flexibility index (Phi) is 5.24. The second-order valence-corrected chi connectivity index (χ2v) is 1.19. The van der Waals surface area contributed by atoms with Crippen LogP contribution in [0, 0.1) is 10.2 Å². The first kappa shape index (κ1) is 10.1. The molecule has 6 heavy (non-hydrogen) atoms. The van der Waals surface area contributed by atoms with Gasteiger partial charge in [0.2, 0.25) is 0 Å².